The van der Waals surface area contributed by atoms with E-state index in [0.717, 1.165) is 5.33 Å². The largest absolute Gasteiger partial charge is 0.490 e. The molecule has 8 heteroatoms. The van der Waals surface area contributed by atoms with Crippen LogP contribution in [0.1, 0.15) is 16.8 Å². The third kappa shape index (κ3) is 5.68. The molecule has 0 unspecified atom stereocenters. The first kappa shape index (κ1) is 17.4. The number of hydrogen-bond donors (Lipinski definition) is 1. The van der Waals surface area contributed by atoms with Crippen molar-refractivity contribution < 1.29 is 19.2 Å². The lowest BCUT2D eigenvalue weighted by Crippen LogP contribution is -2.25. The maximum absolute atomic E-state index is 11.9. The molecule has 1 aromatic rings. The smallest absolute Gasteiger partial charge is 0.311 e. The highest BCUT2D eigenvalue weighted by molar-refractivity contribution is 9.09. The molecule has 0 aromatic heterocycles. The summed E-state index contributed by atoms with van der Waals surface area (Å²) in [6, 6.07) is 4.10. The fourth-order valence-electron chi connectivity index (χ4n) is 1.61. The summed E-state index contributed by atoms with van der Waals surface area (Å²) in [7, 11) is 1.34. The lowest BCUT2D eigenvalue weighted by atomic mass is 10.1. The number of nitro benzene ring substituents is 1. The number of hydrogen-bond acceptors (Lipinski definition) is 5. The Labute approximate surface area is 130 Å². The lowest BCUT2D eigenvalue weighted by molar-refractivity contribution is -0.385. The summed E-state index contributed by atoms with van der Waals surface area (Å²) in [5.74, 6) is -0.235. The van der Waals surface area contributed by atoms with Crippen molar-refractivity contribution in [3.8, 4) is 5.75 Å². The number of alkyl halides is 1. The Morgan fingerprint density at radius 3 is 2.81 bits per heavy atom. The van der Waals surface area contributed by atoms with Crippen LogP contribution < -0.4 is 10.1 Å². The van der Waals surface area contributed by atoms with Crippen LogP contribution in [0, 0.1) is 10.1 Å². The van der Waals surface area contributed by atoms with E-state index < -0.39 is 4.92 Å². The summed E-state index contributed by atoms with van der Waals surface area (Å²) in [5, 5.41) is 14.3. The first-order chi connectivity index (χ1) is 10.1. The van der Waals surface area contributed by atoms with Gasteiger partial charge in [0.1, 0.15) is 0 Å². The zero-order valence-corrected chi connectivity index (χ0v) is 13.2. The SMILES string of the molecule is COc1ccc(C(=O)NCCCOCCBr)cc1[N+](=O)[O-]. The normalized spacial score (nSPS) is 10.2. The van der Waals surface area contributed by atoms with Gasteiger partial charge in [0.2, 0.25) is 0 Å². The molecular formula is C13H17BrN2O5. The second-order valence-electron chi connectivity index (χ2n) is 4.05. The number of methoxy groups -OCH3 is 1. The number of halogens is 1. The first-order valence-corrected chi connectivity index (χ1v) is 7.46. The third-order valence-electron chi connectivity index (χ3n) is 2.61. The minimum absolute atomic E-state index is 0.125. The molecule has 1 rings (SSSR count). The van der Waals surface area contributed by atoms with Gasteiger partial charge in [0.25, 0.3) is 5.91 Å². The highest BCUT2D eigenvalue weighted by Gasteiger charge is 2.17. The van der Waals surface area contributed by atoms with E-state index in [0.29, 0.717) is 26.2 Å². The van der Waals surface area contributed by atoms with Crippen LogP contribution >= 0.6 is 15.9 Å². The molecule has 1 N–H and O–H groups in total. The van der Waals surface area contributed by atoms with Crippen LogP contribution in [0.2, 0.25) is 0 Å². The molecule has 0 aliphatic carbocycles. The predicted octanol–water partition coefficient (Wildman–Crippen LogP) is 2.13. The molecule has 0 atom stereocenters. The summed E-state index contributed by atoms with van der Waals surface area (Å²) in [4.78, 5) is 22.2. The third-order valence-corrected chi connectivity index (χ3v) is 2.93. The fraction of sp³-hybridized carbons (Fsp3) is 0.462. The molecule has 116 valence electrons. The molecule has 0 bridgehead atoms. The van der Waals surface area contributed by atoms with E-state index in [9.17, 15) is 14.9 Å². The van der Waals surface area contributed by atoms with Crippen LogP contribution in [-0.2, 0) is 4.74 Å². The standard InChI is InChI=1S/C13H17BrN2O5/c1-20-12-4-3-10(9-11(12)16(18)19)13(17)15-6-2-7-21-8-5-14/h3-4,9H,2,5-8H2,1H3,(H,15,17). The van der Waals surface area contributed by atoms with Gasteiger partial charge in [0, 0.05) is 30.1 Å². The van der Waals surface area contributed by atoms with E-state index in [1.807, 2.05) is 0 Å². The fourth-order valence-corrected chi connectivity index (χ4v) is 1.84. The van der Waals surface area contributed by atoms with E-state index in [-0.39, 0.29) is 22.9 Å². The van der Waals surface area contributed by atoms with Gasteiger partial charge < -0.3 is 14.8 Å². The molecule has 1 amide bonds. The molecule has 0 spiro atoms. The highest BCUT2D eigenvalue weighted by Crippen LogP contribution is 2.27. The second-order valence-corrected chi connectivity index (χ2v) is 4.85. The van der Waals surface area contributed by atoms with Crippen LogP contribution in [0.4, 0.5) is 5.69 Å². The van der Waals surface area contributed by atoms with Crippen LogP contribution in [0.3, 0.4) is 0 Å². The van der Waals surface area contributed by atoms with Crippen molar-refractivity contribution in [1.29, 1.82) is 0 Å². The number of carbonyl (C=O) groups is 1. The average Bonchev–Trinajstić information content (AvgIpc) is 2.49. The molecule has 0 radical (unpaired) electrons. The van der Waals surface area contributed by atoms with E-state index in [4.69, 9.17) is 9.47 Å². The van der Waals surface area contributed by atoms with Crippen molar-refractivity contribution in [2.24, 2.45) is 0 Å². The van der Waals surface area contributed by atoms with Gasteiger partial charge in [-0.15, -0.1) is 0 Å². The van der Waals surface area contributed by atoms with Crippen LogP contribution in [0.25, 0.3) is 0 Å². The van der Waals surface area contributed by atoms with Gasteiger partial charge in [-0.2, -0.15) is 0 Å². The average molecular weight is 361 g/mol. The zero-order valence-electron chi connectivity index (χ0n) is 11.6. The van der Waals surface area contributed by atoms with Crippen molar-refractivity contribution in [2.75, 3.05) is 32.2 Å². The second kappa shape index (κ2) is 9.30. The lowest BCUT2D eigenvalue weighted by Gasteiger charge is -2.07. The monoisotopic (exact) mass is 360 g/mol. The minimum atomic E-state index is -0.580. The Morgan fingerprint density at radius 2 is 2.19 bits per heavy atom. The van der Waals surface area contributed by atoms with Crippen molar-refractivity contribution in [3.63, 3.8) is 0 Å². The van der Waals surface area contributed by atoms with Gasteiger partial charge in [-0.05, 0) is 18.6 Å². The highest BCUT2D eigenvalue weighted by atomic mass is 79.9. The van der Waals surface area contributed by atoms with Gasteiger partial charge in [-0.1, -0.05) is 15.9 Å². The van der Waals surface area contributed by atoms with Gasteiger partial charge in [0.15, 0.2) is 5.75 Å². The summed E-state index contributed by atoms with van der Waals surface area (Å²) >= 11 is 3.24. The summed E-state index contributed by atoms with van der Waals surface area (Å²) in [5.41, 5.74) is -0.00493. The number of ether oxygens (including phenoxy) is 2. The first-order valence-electron chi connectivity index (χ1n) is 6.34. The topological polar surface area (TPSA) is 90.7 Å². The molecule has 0 saturated carbocycles. The van der Waals surface area contributed by atoms with Crippen molar-refractivity contribution >= 4 is 27.5 Å². The van der Waals surface area contributed by atoms with E-state index in [1.165, 1.54) is 25.3 Å². The van der Waals surface area contributed by atoms with Crippen molar-refractivity contribution in [2.45, 2.75) is 6.42 Å². The molecule has 7 nitrogen and oxygen atoms in total. The Morgan fingerprint density at radius 1 is 1.43 bits per heavy atom. The Hall–Kier alpha value is -1.67. The minimum Gasteiger partial charge on any atom is -0.490 e. The maximum Gasteiger partial charge on any atom is 0.311 e. The molecule has 0 fully saturated rings. The molecule has 0 saturated heterocycles. The van der Waals surface area contributed by atoms with E-state index in [1.54, 1.807) is 0 Å². The molecule has 0 aliphatic heterocycles. The van der Waals surface area contributed by atoms with Gasteiger partial charge in [0.05, 0.1) is 18.6 Å². The number of amides is 1. The van der Waals surface area contributed by atoms with Crippen LogP contribution in [-0.4, -0.2) is 43.0 Å². The summed E-state index contributed by atoms with van der Waals surface area (Å²) < 4.78 is 10.1. The zero-order chi connectivity index (χ0) is 15.7. The van der Waals surface area contributed by atoms with Gasteiger partial charge in [-0.25, -0.2) is 0 Å². The summed E-state index contributed by atoms with van der Waals surface area (Å²) in [6.07, 6.45) is 0.678. The molecular weight excluding hydrogens is 344 g/mol. The Bertz CT molecular complexity index is 495. The number of carbonyl (C=O) groups excluding carboxylic acids is 1. The number of nitrogens with one attached hydrogen (secondary N) is 1. The van der Waals surface area contributed by atoms with Crippen molar-refractivity contribution in [1.82, 2.24) is 5.32 Å². The molecule has 21 heavy (non-hydrogen) atoms. The number of nitro groups is 1. The molecule has 0 aliphatic rings. The maximum atomic E-state index is 11.9. The number of rotatable bonds is 9. The van der Waals surface area contributed by atoms with E-state index >= 15 is 0 Å². The van der Waals surface area contributed by atoms with E-state index in [2.05, 4.69) is 21.2 Å². The van der Waals surface area contributed by atoms with Crippen molar-refractivity contribution in [3.05, 3.63) is 33.9 Å². The summed E-state index contributed by atoms with van der Waals surface area (Å²) in [6.45, 7) is 1.62. The van der Waals surface area contributed by atoms with Gasteiger partial charge in [-0.3, -0.25) is 14.9 Å². The quantitative estimate of drug-likeness (QED) is 0.315. The Balaban J connectivity index is 2.54. The number of benzene rings is 1. The Kier molecular flexibility index (Phi) is 7.70. The van der Waals surface area contributed by atoms with Crippen LogP contribution in [0.15, 0.2) is 18.2 Å². The predicted molar refractivity (Wildman–Crippen MR) is 81.2 cm³/mol. The van der Waals surface area contributed by atoms with Gasteiger partial charge >= 0.3 is 5.69 Å². The van der Waals surface area contributed by atoms with Crippen LogP contribution in [0.5, 0.6) is 5.75 Å². The molecule has 0 heterocycles. The molecule has 1 aromatic carbocycles. The number of nitrogens with zero attached hydrogens (tertiary/aromatic N) is 1.